The molecule has 0 radical (unpaired) electrons. The van der Waals surface area contributed by atoms with Crippen molar-refractivity contribution in [2.45, 2.75) is 19.3 Å². The summed E-state index contributed by atoms with van der Waals surface area (Å²) in [5.74, 6) is 0.861. The lowest BCUT2D eigenvalue weighted by molar-refractivity contribution is 0.364. The van der Waals surface area contributed by atoms with Gasteiger partial charge in [0, 0.05) is 18.8 Å². The Hall–Kier alpha value is -0.870. The van der Waals surface area contributed by atoms with Gasteiger partial charge in [-0.3, -0.25) is 0 Å². The maximum atomic E-state index is 5.59. The summed E-state index contributed by atoms with van der Waals surface area (Å²) < 4.78 is 7.85. The van der Waals surface area contributed by atoms with Crippen molar-refractivity contribution in [1.82, 2.24) is 4.31 Å². The first-order valence-corrected chi connectivity index (χ1v) is 5.99. The fraction of sp³-hybridized carbons (Fsp3) is 0.455. The lowest BCUT2D eigenvalue weighted by Gasteiger charge is -2.23. The number of rotatable bonds is 3. The fourth-order valence-corrected chi connectivity index (χ4v) is 2.27. The second kappa shape index (κ2) is 5.28. The second-order valence-corrected chi connectivity index (χ2v) is 4.55. The molecule has 1 aliphatic rings. The Balaban J connectivity index is 1.79. The zero-order valence-electron chi connectivity index (χ0n) is 8.69. The third kappa shape index (κ3) is 3.32. The number of anilines is 1. The SMILES string of the molecule is Nc1ccc(OSN2CCCCC2)cc1. The number of hydrogen-bond donors (Lipinski definition) is 1. The average molecular weight is 224 g/mol. The third-order valence-corrected chi connectivity index (χ3v) is 3.28. The Morgan fingerprint density at radius 3 is 2.40 bits per heavy atom. The molecule has 0 aliphatic carbocycles. The predicted octanol–water partition coefficient (Wildman–Crippen LogP) is 2.70. The van der Waals surface area contributed by atoms with E-state index in [0.717, 1.165) is 24.5 Å². The summed E-state index contributed by atoms with van der Waals surface area (Å²) in [5, 5.41) is 0. The quantitative estimate of drug-likeness (QED) is 0.487. The van der Waals surface area contributed by atoms with Gasteiger partial charge in [-0.2, -0.15) is 0 Å². The van der Waals surface area contributed by atoms with Crippen molar-refractivity contribution in [1.29, 1.82) is 0 Å². The molecule has 2 N–H and O–H groups in total. The summed E-state index contributed by atoms with van der Waals surface area (Å²) in [5.41, 5.74) is 6.36. The van der Waals surface area contributed by atoms with Crippen molar-refractivity contribution >= 4 is 17.9 Å². The standard InChI is InChI=1S/C11H16N2OS/c12-10-4-6-11(7-5-10)14-15-13-8-2-1-3-9-13/h4-7H,1-3,8-9,12H2. The van der Waals surface area contributed by atoms with Crippen LogP contribution in [0.15, 0.2) is 24.3 Å². The molecule has 1 aromatic rings. The van der Waals surface area contributed by atoms with Gasteiger partial charge in [-0.05, 0) is 37.1 Å². The highest BCUT2D eigenvalue weighted by Crippen LogP contribution is 2.23. The van der Waals surface area contributed by atoms with Crippen LogP contribution in [0, 0.1) is 0 Å². The van der Waals surface area contributed by atoms with Gasteiger partial charge in [-0.15, -0.1) is 0 Å². The Kier molecular flexibility index (Phi) is 3.75. The molecule has 0 saturated carbocycles. The van der Waals surface area contributed by atoms with Crippen molar-refractivity contribution in [3.05, 3.63) is 24.3 Å². The molecule has 0 aromatic heterocycles. The number of piperidine rings is 1. The minimum absolute atomic E-state index is 0.769. The monoisotopic (exact) mass is 224 g/mol. The molecule has 0 unspecified atom stereocenters. The molecule has 0 atom stereocenters. The number of nitrogens with zero attached hydrogens (tertiary/aromatic N) is 1. The summed E-state index contributed by atoms with van der Waals surface area (Å²) in [6, 6.07) is 7.50. The molecular formula is C11H16N2OS. The lowest BCUT2D eigenvalue weighted by atomic mass is 10.2. The average Bonchev–Trinajstić information content (AvgIpc) is 2.30. The maximum Gasteiger partial charge on any atom is 0.146 e. The van der Waals surface area contributed by atoms with Crippen LogP contribution in [-0.2, 0) is 0 Å². The van der Waals surface area contributed by atoms with Crippen molar-refractivity contribution in [3.63, 3.8) is 0 Å². The topological polar surface area (TPSA) is 38.5 Å². The fourth-order valence-electron chi connectivity index (χ4n) is 1.56. The molecule has 1 aromatic carbocycles. The number of nitrogen functional groups attached to an aromatic ring is 1. The van der Waals surface area contributed by atoms with Gasteiger partial charge >= 0.3 is 0 Å². The summed E-state index contributed by atoms with van der Waals surface area (Å²) in [4.78, 5) is 0. The normalized spacial score (nSPS) is 17.6. The van der Waals surface area contributed by atoms with E-state index in [1.165, 1.54) is 31.5 Å². The predicted molar refractivity (Wildman–Crippen MR) is 64.5 cm³/mol. The van der Waals surface area contributed by atoms with Crippen molar-refractivity contribution in [3.8, 4) is 5.75 Å². The minimum atomic E-state index is 0.769. The molecule has 1 heterocycles. The summed E-state index contributed by atoms with van der Waals surface area (Å²) in [6.07, 6.45) is 3.90. The van der Waals surface area contributed by atoms with Gasteiger partial charge in [0.15, 0.2) is 0 Å². The van der Waals surface area contributed by atoms with Gasteiger partial charge in [0.1, 0.15) is 18.0 Å². The van der Waals surface area contributed by atoms with Crippen molar-refractivity contribution in [2.24, 2.45) is 0 Å². The molecule has 4 heteroatoms. The van der Waals surface area contributed by atoms with E-state index in [2.05, 4.69) is 4.31 Å². The second-order valence-electron chi connectivity index (χ2n) is 3.72. The molecule has 0 amide bonds. The zero-order chi connectivity index (χ0) is 10.5. The van der Waals surface area contributed by atoms with Crippen molar-refractivity contribution < 1.29 is 4.18 Å². The molecular weight excluding hydrogens is 208 g/mol. The molecule has 3 nitrogen and oxygen atoms in total. The summed E-state index contributed by atoms with van der Waals surface area (Å²) in [7, 11) is 0. The van der Waals surface area contributed by atoms with E-state index < -0.39 is 0 Å². The van der Waals surface area contributed by atoms with E-state index in [4.69, 9.17) is 9.92 Å². The van der Waals surface area contributed by atoms with E-state index >= 15 is 0 Å². The van der Waals surface area contributed by atoms with Crippen LogP contribution in [0.5, 0.6) is 5.75 Å². The van der Waals surface area contributed by atoms with Gasteiger partial charge in [0.2, 0.25) is 0 Å². The Morgan fingerprint density at radius 2 is 1.73 bits per heavy atom. The van der Waals surface area contributed by atoms with Crippen LogP contribution >= 0.6 is 12.2 Å². The van der Waals surface area contributed by atoms with Crippen LogP contribution in [0.1, 0.15) is 19.3 Å². The number of hydrogen-bond acceptors (Lipinski definition) is 4. The van der Waals surface area contributed by atoms with E-state index in [9.17, 15) is 0 Å². The van der Waals surface area contributed by atoms with Crippen LogP contribution in [0.25, 0.3) is 0 Å². The highest BCUT2D eigenvalue weighted by atomic mass is 32.2. The van der Waals surface area contributed by atoms with Gasteiger partial charge in [-0.25, -0.2) is 4.31 Å². The van der Waals surface area contributed by atoms with Gasteiger partial charge in [0.25, 0.3) is 0 Å². The highest BCUT2D eigenvalue weighted by Gasteiger charge is 2.11. The lowest BCUT2D eigenvalue weighted by Crippen LogP contribution is -2.23. The first-order chi connectivity index (χ1) is 7.34. The molecule has 15 heavy (non-hydrogen) atoms. The molecule has 1 saturated heterocycles. The van der Waals surface area contributed by atoms with Gasteiger partial charge in [-0.1, -0.05) is 6.42 Å². The third-order valence-electron chi connectivity index (χ3n) is 2.43. The van der Waals surface area contributed by atoms with E-state index in [1.807, 2.05) is 24.3 Å². The number of nitrogens with two attached hydrogens (primary N) is 1. The molecule has 2 rings (SSSR count). The summed E-state index contributed by atoms with van der Waals surface area (Å²) in [6.45, 7) is 2.25. The van der Waals surface area contributed by atoms with E-state index in [-0.39, 0.29) is 0 Å². The van der Waals surface area contributed by atoms with Crippen molar-refractivity contribution in [2.75, 3.05) is 18.8 Å². The largest absolute Gasteiger partial charge is 0.409 e. The molecule has 82 valence electrons. The first kappa shape index (κ1) is 10.6. The maximum absolute atomic E-state index is 5.59. The van der Waals surface area contributed by atoms with Crippen LogP contribution in [0.2, 0.25) is 0 Å². The van der Waals surface area contributed by atoms with Crippen LogP contribution in [-0.4, -0.2) is 17.4 Å². The minimum Gasteiger partial charge on any atom is -0.409 e. The molecule has 1 fully saturated rings. The van der Waals surface area contributed by atoms with Crippen LogP contribution < -0.4 is 9.92 Å². The molecule has 0 bridgehead atoms. The Morgan fingerprint density at radius 1 is 1.07 bits per heavy atom. The van der Waals surface area contributed by atoms with E-state index in [0.29, 0.717) is 0 Å². The van der Waals surface area contributed by atoms with Gasteiger partial charge in [0.05, 0.1) is 0 Å². The number of benzene rings is 1. The zero-order valence-corrected chi connectivity index (χ0v) is 9.50. The van der Waals surface area contributed by atoms with Crippen LogP contribution in [0.3, 0.4) is 0 Å². The van der Waals surface area contributed by atoms with E-state index in [1.54, 1.807) is 0 Å². The first-order valence-electron chi connectivity index (χ1n) is 5.30. The van der Waals surface area contributed by atoms with Gasteiger partial charge < -0.3 is 9.92 Å². The van der Waals surface area contributed by atoms with Crippen LogP contribution in [0.4, 0.5) is 5.69 Å². The Labute approximate surface area is 94.9 Å². The molecule has 0 spiro atoms. The summed E-state index contributed by atoms with van der Waals surface area (Å²) >= 11 is 1.45. The highest BCUT2D eigenvalue weighted by molar-refractivity contribution is 7.92. The Bertz CT molecular complexity index is 296. The molecule has 1 aliphatic heterocycles. The smallest absolute Gasteiger partial charge is 0.146 e.